The summed E-state index contributed by atoms with van der Waals surface area (Å²) in [5.74, 6) is 0. The van der Waals surface area contributed by atoms with Gasteiger partial charge in [-0.2, -0.15) is 0 Å². The predicted molar refractivity (Wildman–Crippen MR) is 88.8 cm³/mol. The molecule has 0 aromatic heterocycles. The second-order valence-corrected chi connectivity index (χ2v) is 5.18. The van der Waals surface area contributed by atoms with Crippen LogP contribution in [0.5, 0.6) is 0 Å². The molecule has 2 aromatic rings. The maximum Gasteiger partial charge on any atom is 0.166 e. The fourth-order valence-electron chi connectivity index (χ4n) is 2.01. The van der Waals surface area contributed by atoms with Gasteiger partial charge in [0, 0.05) is 13.1 Å². The summed E-state index contributed by atoms with van der Waals surface area (Å²) in [6.45, 7) is 3.73. The first kappa shape index (κ1) is 14.5. The van der Waals surface area contributed by atoms with Crippen LogP contribution in [-0.4, -0.2) is 11.7 Å². The Morgan fingerprint density at radius 3 is 2.40 bits per heavy atom. The van der Waals surface area contributed by atoms with Gasteiger partial charge < -0.3 is 10.6 Å². The van der Waals surface area contributed by atoms with E-state index in [0.29, 0.717) is 5.11 Å². The zero-order valence-corrected chi connectivity index (χ0v) is 12.5. The fourth-order valence-corrected chi connectivity index (χ4v) is 2.19. The minimum absolute atomic E-state index is 0.712. The van der Waals surface area contributed by atoms with Crippen LogP contribution in [0.3, 0.4) is 0 Å². The lowest BCUT2D eigenvalue weighted by molar-refractivity contribution is 0.812. The Kier molecular flexibility index (Phi) is 5.56. The Hall–Kier alpha value is -1.87. The molecular weight excluding hydrogens is 264 g/mol. The van der Waals surface area contributed by atoms with Gasteiger partial charge in [-0.25, -0.2) is 0 Å². The first-order valence-electron chi connectivity index (χ1n) is 6.86. The second kappa shape index (κ2) is 7.65. The van der Waals surface area contributed by atoms with Crippen molar-refractivity contribution in [2.24, 2.45) is 0 Å². The van der Waals surface area contributed by atoms with Gasteiger partial charge in [0.25, 0.3) is 0 Å². The summed E-state index contributed by atoms with van der Waals surface area (Å²) in [5.41, 5.74) is 3.88. The number of hydrogen-bond acceptors (Lipinski definition) is 1. The standard InChI is InChI=1S/C17H20N2S/c1-14-7-5-6-10-16(14)13-19-17(20)18-12-11-15-8-3-2-4-9-15/h2-10H,11-13H2,1H3,(H2,18,19,20). The molecule has 2 nitrogen and oxygen atoms in total. The van der Waals surface area contributed by atoms with Crippen LogP contribution in [0.4, 0.5) is 0 Å². The van der Waals surface area contributed by atoms with Crippen molar-refractivity contribution in [3.63, 3.8) is 0 Å². The lowest BCUT2D eigenvalue weighted by Gasteiger charge is -2.11. The van der Waals surface area contributed by atoms with Gasteiger partial charge in [0.15, 0.2) is 5.11 Å². The molecule has 0 bridgehead atoms. The first-order valence-corrected chi connectivity index (χ1v) is 7.26. The molecule has 0 saturated heterocycles. The van der Waals surface area contributed by atoms with E-state index in [9.17, 15) is 0 Å². The molecule has 104 valence electrons. The Balaban J connectivity index is 1.70. The van der Waals surface area contributed by atoms with Gasteiger partial charge >= 0.3 is 0 Å². The summed E-state index contributed by atoms with van der Waals surface area (Å²) in [4.78, 5) is 0. The summed E-state index contributed by atoms with van der Waals surface area (Å²) in [6, 6.07) is 18.7. The van der Waals surface area contributed by atoms with Crippen LogP contribution in [0.2, 0.25) is 0 Å². The molecule has 0 spiro atoms. The molecule has 2 aromatic carbocycles. The summed E-state index contributed by atoms with van der Waals surface area (Å²) in [7, 11) is 0. The predicted octanol–water partition coefficient (Wildman–Crippen LogP) is 3.20. The van der Waals surface area contributed by atoms with Crippen LogP contribution >= 0.6 is 12.2 Å². The number of nitrogens with one attached hydrogen (secondary N) is 2. The van der Waals surface area contributed by atoms with E-state index >= 15 is 0 Å². The molecule has 0 unspecified atom stereocenters. The first-order chi connectivity index (χ1) is 9.75. The van der Waals surface area contributed by atoms with Crippen molar-refractivity contribution in [2.75, 3.05) is 6.54 Å². The number of benzene rings is 2. The summed E-state index contributed by atoms with van der Waals surface area (Å²) in [5, 5.41) is 7.20. The number of thiocarbonyl (C=S) groups is 1. The van der Waals surface area contributed by atoms with Gasteiger partial charge in [-0.05, 0) is 42.3 Å². The van der Waals surface area contributed by atoms with E-state index in [0.717, 1.165) is 19.5 Å². The monoisotopic (exact) mass is 284 g/mol. The average molecular weight is 284 g/mol. The highest BCUT2D eigenvalue weighted by Crippen LogP contribution is 2.05. The van der Waals surface area contributed by atoms with E-state index in [2.05, 4.69) is 66.1 Å². The molecule has 20 heavy (non-hydrogen) atoms. The van der Waals surface area contributed by atoms with E-state index in [1.54, 1.807) is 0 Å². The number of rotatable bonds is 5. The smallest absolute Gasteiger partial charge is 0.166 e. The molecule has 0 aliphatic heterocycles. The van der Waals surface area contributed by atoms with Gasteiger partial charge in [-0.1, -0.05) is 54.6 Å². The van der Waals surface area contributed by atoms with E-state index in [-0.39, 0.29) is 0 Å². The number of aryl methyl sites for hydroxylation is 1. The third-order valence-corrected chi connectivity index (χ3v) is 3.53. The topological polar surface area (TPSA) is 24.1 Å². The summed E-state index contributed by atoms with van der Waals surface area (Å²) < 4.78 is 0. The molecule has 0 atom stereocenters. The van der Waals surface area contributed by atoms with E-state index in [1.807, 2.05) is 6.07 Å². The minimum Gasteiger partial charge on any atom is -0.362 e. The van der Waals surface area contributed by atoms with E-state index < -0.39 is 0 Å². The summed E-state index contributed by atoms with van der Waals surface area (Å²) in [6.07, 6.45) is 0.979. The molecule has 0 aliphatic rings. The highest BCUT2D eigenvalue weighted by molar-refractivity contribution is 7.80. The van der Waals surface area contributed by atoms with E-state index in [4.69, 9.17) is 12.2 Å². The van der Waals surface area contributed by atoms with Crippen molar-refractivity contribution in [2.45, 2.75) is 19.9 Å². The van der Waals surface area contributed by atoms with E-state index in [1.165, 1.54) is 16.7 Å². The Labute approximate surface area is 126 Å². The maximum absolute atomic E-state index is 5.29. The fraction of sp³-hybridized carbons (Fsp3) is 0.235. The van der Waals surface area contributed by atoms with Crippen LogP contribution in [0.25, 0.3) is 0 Å². The van der Waals surface area contributed by atoms with Gasteiger partial charge in [0.2, 0.25) is 0 Å². The largest absolute Gasteiger partial charge is 0.362 e. The molecule has 0 saturated carbocycles. The van der Waals surface area contributed by atoms with Gasteiger partial charge in [-0.15, -0.1) is 0 Å². The third kappa shape index (κ3) is 4.67. The molecule has 0 radical (unpaired) electrons. The third-order valence-electron chi connectivity index (χ3n) is 3.24. The normalized spacial score (nSPS) is 10.1. The molecule has 2 rings (SSSR count). The Morgan fingerprint density at radius 2 is 1.65 bits per heavy atom. The highest BCUT2D eigenvalue weighted by Gasteiger charge is 1.99. The molecule has 0 heterocycles. The Morgan fingerprint density at radius 1 is 0.950 bits per heavy atom. The van der Waals surface area contributed by atoms with Crippen molar-refractivity contribution in [1.29, 1.82) is 0 Å². The van der Waals surface area contributed by atoms with Crippen molar-refractivity contribution < 1.29 is 0 Å². The van der Waals surface area contributed by atoms with Crippen LogP contribution in [0, 0.1) is 6.92 Å². The zero-order chi connectivity index (χ0) is 14.2. The molecule has 3 heteroatoms. The maximum atomic E-state index is 5.29. The van der Waals surface area contributed by atoms with Crippen LogP contribution < -0.4 is 10.6 Å². The highest BCUT2D eigenvalue weighted by atomic mass is 32.1. The number of hydrogen-bond donors (Lipinski definition) is 2. The van der Waals surface area contributed by atoms with Crippen molar-refractivity contribution in [1.82, 2.24) is 10.6 Å². The molecule has 2 N–H and O–H groups in total. The second-order valence-electron chi connectivity index (χ2n) is 4.77. The molecule has 0 fully saturated rings. The lowest BCUT2D eigenvalue weighted by Crippen LogP contribution is -2.36. The van der Waals surface area contributed by atoms with Gasteiger partial charge in [0.1, 0.15) is 0 Å². The quantitative estimate of drug-likeness (QED) is 0.825. The van der Waals surface area contributed by atoms with Gasteiger partial charge in [-0.3, -0.25) is 0 Å². The van der Waals surface area contributed by atoms with Crippen molar-refractivity contribution in [3.05, 3.63) is 71.3 Å². The average Bonchev–Trinajstić information content (AvgIpc) is 2.47. The molecular formula is C17H20N2S. The van der Waals surface area contributed by atoms with Crippen LogP contribution in [0.1, 0.15) is 16.7 Å². The van der Waals surface area contributed by atoms with Crippen molar-refractivity contribution >= 4 is 17.3 Å². The lowest BCUT2D eigenvalue weighted by atomic mass is 10.1. The van der Waals surface area contributed by atoms with Gasteiger partial charge in [0.05, 0.1) is 0 Å². The molecule has 0 amide bonds. The Bertz CT molecular complexity index is 552. The SMILES string of the molecule is Cc1ccccc1CNC(=S)NCCc1ccccc1. The van der Waals surface area contributed by atoms with Crippen LogP contribution in [-0.2, 0) is 13.0 Å². The van der Waals surface area contributed by atoms with Crippen molar-refractivity contribution in [3.8, 4) is 0 Å². The minimum atomic E-state index is 0.712. The van der Waals surface area contributed by atoms with Crippen LogP contribution in [0.15, 0.2) is 54.6 Å². The summed E-state index contributed by atoms with van der Waals surface area (Å²) >= 11 is 5.29. The zero-order valence-electron chi connectivity index (χ0n) is 11.7. The molecule has 0 aliphatic carbocycles.